The van der Waals surface area contributed by atoms with Gasteiger partial charge in [-0.2, -0.15) is 0 Å². The Balaban J connectivity index is 2.21. The van der Waals surface area contributed by atoms with Gasteiger partial charge in [-0.3, -0.25) is 0 Å². The second kappa shape index (κ2) is 6.44. The molecule has 1 aliphatic carbocycles. The average molecular weight is 197 g/mol. The van der Waals surface area contributed by atoms with Gasteiger partial charge >= 0.3 is 0 Å². The van der Waals surface area contributed by atoms with Gasteiger partial charge in [0, 0.05) is 6.04 Å². The minimum absolute atomic E-state index is 0.488. The van der Waals surface area contributed by atoms with Crippen LogP contribution in [-0.4, -0.2) is 6.04 Å². The van der Waals surface area contributed by atoms with Crippen molar-refractivity contribution in [1.29, 1.82) is 0 Å². The van der Waals surface area contributed by atoms with Crippen LogP contribution in [0.3, 0.4) is 0 Å². The Bertz CT molecular complexity index is 136. The van der Waals surface area contributed by atoms with Crippen molar-refractivity contribution in [1.82, 2.24) is 0 Å². The molecule has 0 spiro atoms. The fourth-order valence-corrected chi connectivity index (χ4v) is 2.88. The second-order valence-electron chi connectivity index (χ2n) is 5.02. The molecule has 0 saturated heterocycles. The molecule has 14 heavy (non-hydrogen) atoms. The molecule has 0 aromatic rings. The van der Waals surface area contributed by atoms with Crippen molar-refractivity contribution >= 4 is 0 Å². The highest BCUT2D eigenvalue weighted by Gasteiger charge is 2.24. The lowest BCUT2D eigenvalue weighted by Crippen LogP contribution is -2.32. The minimum atomic E-state index is 0.488. The van der Waals surface area contributed by atoms with Crippen molar-refractivity contribution < 1.29 is 0 Å². The fourth-order valence-electron chi connectivity index (χ4n) is 2.88. The first-order chi connectivity index (χ1) is 6.77. The maximum Gasteiger partial charge on any atom is 0.00670 e. The molecule has 1 aliphatic rings. The lowest BCUT2D eigenvalue weighted by Gasteiger charge is -2.32. The monoisotopic (exact) mass is 197 g/mol. The van der Waals surface area contributed by atoms with Gasteiger partial charge in [0.2, 0.25) is 0 Å². The van der Waals surface area contributed by atoms with Gasteiger partial charge in [0.15, 0.2) is 0 Å². The molecular weight excluding hydrogens is 170 g/mol. The van der Waals surface area contributed by atoms with Crippen LogP contribution in [0.25, 0.3) is 0 Å². The van der Waals surface area contributed by atoms with Gasteiger partial charge in [-0.1, -0.05) is 46.0 Å². The van der Waals surface area contributed by atoms with Gasteiger partial charge in [0.05, 0.1) is 0 Å². The second-order valence-corrected chi connectivity index (χ2v) is 5.02. The van der Waals surface area contributed by atoms with Gasteiger partial charge in [-0.15, -0.1) is 0 Å². The Labute approximate surface area is 89.5 Å². The summed E-state index contributed by atoms with van der Waals surface area (Å²) in [6, 6.07) is 0.488. The topological polar surface area (TPSA) is 26.0 Å². The van der Waals surface area contributed by atoms with E-state index in [0.717, 1.165) is 11.8 Å². The molecule has 1 atom stereocenters. The summed E-state index contributed by atoms with van der Waals surface area (Å²) in [7, 11) is 0. The standard InChI is InChI=1S/C13H27N/c1-3-5-11-7-9-12(10-8-11)13(14)6-4-2/h11-13H,3-10,14H2,1-2H3/t11?,12?,13-/m0/s1. The van der Waals surface area contributed by atoms with E-state index < -0.39 is 0 Å². The molecule has 84 valence electrons. The molecule has 0 aromatic heterocycles. The molecule has 1 saturated carbocycles. The SMILES string of the molecule is CCCC1CCC([C@@H](N)CCC)CC1. The molecule has 1 heteroatoms. The van der Waals surface area contributed by atoms with Crippen LogP contribution >= 0.6 is 0 Å². The summed E-state index contributed by atoms with van der Waals surface area (Å²) in [5.74, 6) is 1.85. The Morgan fingerprint density at radius 1 is 1.07 bits per heavy atom. The van der Waals surface area contributed by atoms with Gasteiger partial charge in [0.25, 0.3) is 0 Å². The lowest BCUT2D eigenvalue weighted by atomic mass is 9.76. The van der Waals surface area contributed by atoms with Gasteiger partial charge in [-0.05, 0) is 31.1 Å². The van der Waals surface area contributed by atoms with Crippen molar-refractivity contribution in [2.75, 3.05) is 0 Å². The van der Waals surface area contributed by atoms with E-state index in [9.17, 15) is 0 Å². The van der Waals surface area contributed by atoms with Crippen LogP contribution in [0.15, 0.2) is 0 Å². The van der Waals surface area contributed by atoms with Crippen LogP contribution in [-0.2, 0) is 0 Å². The Hall–Kier alpha value is -0.0400. The number of nitrogens with two attached hydrogens (primary N) is 1. The average Bonchev–Trinajstić information content (AvgIpc) is 2.20. The molecular formula is C13H27N. The number of hydrogen-bond acceptors (Lipinski definition) is 1. The quantitative estimate of drug-likeness (QED) is 0.714. The predicted molar refractivity (Wildman–Crippen MR) is 63.2 cm³/mol. The molecule has 0 bridgehead atoms. The highest BCUT2D eigenvalue weighted by Crippen LogP contribution is 2.33. The Morgan fingerprint density at radius 3 is 2.21 bits per heavy atom. The van der Waals surface area contributed by atoms with E-state index in [-0.39, 0.29) is 0 Å². The van der Waals surface area contributed by atoms with Crippen molar-refractivity contribution in [3.05, 3.63) is 0 Å². The molecule has 0 heterocycles. The van der Waals surface area contributed by atoms with Gasteiger partial charge < -0.3 is 5.73 Å². The first kappa shape index (κ1) is 12.0. The molecule has 1 rings (SSSR count). The van der Waals surface area contributed by atoms with Crippen LogP contribution < -0.4 is 5.73 Å². The van der Waals surface area contributed by atoms with E-state index in [1.54, 1.807) is 0 Å². The summed E-state index contributed by atoms with van der Waals surface area (Å²) in [5.41, 5.74) is 6.18. The highest BCUT2D eigenvalue weighted by atomic mass is 14.6. The fraction of sp³-hybridized carbons (Fsp3) is 1.00. The first-order valence-corrected chi connectivity index (χ1v) is 6.53. The zero-order chi connectivity index (χ0) is 10.4. The third-order valence-corrected chi connectivity index (χ3v) is 3.82. The van der Waals surface area contributed by atoms with E-state index in [1.165, 1.54) is 51.4 Å². The van der Waals surface area contributed by atoms with Crippen LogP contribution in [0.4, 0.5) is 0 Å². The summed E-state index contributed by atoms with van der Waals surface area (Å²) < 4.78 is 0. The van der Waals surface area contributed by atoms with Crippen molar-refractivity contribution in [3.63, 3.8) is 0 Å². The summed E-state index contributed by atoms with van der Waals surface area (Å²) in [6.07, 6.45) is 10.9. The summed E-state index contributed by atoms with van der Waals surface area (Å²) in [6.45, 7) is 4.54. The van der Waals surface area contributed by atoms with E-state index in [2.05, 4.69) is 13.8 Å². The largest absolute Gasteiger partial charge is 0.327 e. The van der Waals surface area contributed by atoms with Gasteiger partial charge in [0.1, 0.15) is 0 Å². The first-order valence-electron chi connectivity index (χ1n) is 6.53. The zero-order valence-corrected chi connectivity index (χ0v) is 9.97. The molecule has 0 radical (unpaired) electrons. The lowest BCUT2D eigenvalue weighted by molar-refractivity contribution is 0.227. The predicted octanol–water partition coefficient (Wildman–Crippen LogP) is 3.72. The van der Waals surface area contributed by atoms with Crippen molar-refractivity contribution in [2.24, 2.45) is 17.6 Å². The van der Waals surface area contributed by atoms with E-state index in [4.69, 9.17) is 5.73 Å². The van der Waals surface area contributed by atoms with Crippen LogP contribution in [0, 0.1) is 11.8 Å². The maximum atomic E-state index is 6.18. The van der Waals surface area contributed by atoms with Gasteiger partial charge in [-0.25, -0.2) is 0 Å². The Morgan fingerprint density at radius 2 is 1.71 bits per heavy atom. The molecule has 1 nitrogen and oxygen atoms in total. The zero-order valence-electron chi connectivity index (χ0n) is 9.97. The smallest absolute Gasteiger partial charge is 0.00670 e. The number of hydrogen-bond donors (Lipinski definition) is 1. The van der Waals surface area contributed by atoms with Crippen LogP contribution in [0.5, 0.6) is 0 Å². The molecule has 1 fully saturated rings. The minimum Gasteiger partial charge on any atom is -0.327 e. The molecule has 0 aliphatic heterocycles. The highest BCUT2D eigenvalue weighted by molar-refractivity contribution is 4.79. The van der Waals surface area contributed by atoms with Crippen molar-refractivity contribution in [2.45, 2.75) is 71.3 Å². The van der Waals surface area contributed by atoms with Crippen LogP contribution in [0.2, 0.25) is 0 Å². The number of rotatable bonds is 5. The molecule has 0 amide bonds. The molecule has 0 aromatic carbocycles. The maximum absolute atomic E-state index is 6.18. The van der Waals surface area contributed by atoms with E-state index in [1.807, 2.05) is 0 Å². The van der Waals surface area contributed by atoms with E-state index >= 15 is 0 Å². The molecule has 2 N–H and O–H groups in total. The van der Waals surface area contributed by atoms with Crippen LogP contribution in [0.1, 0.15) is 65.2 Å². The normalized spacial score (nSPS) is 30.2. The third-order valence-electron chi connectivity index (χ3n) is 3.82. The summed E-state index contributed by atoms with van der Waals surface area (Å²) >= 11 is 0. The van der Waals surface area contributed by atoms with Crippen molar-refractivity contribution in [3.8, 4) is 0 Å². The third kappa shape index (κ3) is 3.61. The van der Waals surface area contributed by atoms with E-state index in [0.29, 0.717) is 6.04 Å². The Kier molecular flexibility index (Phi) is 5.54. The molecule has 0 unspecified atom stereocenters. The summed E-state index contributed by atoms with van der Waals surface area (Å²) in [5, 5.41) is 0. The summed E-state index contributed by atoms with van der Waals surface area (Å²) in [4.78, 5) is 0.